The maximum atomic E-state index is 10.7. The molecule has 3 heterocycles. The Morgan fingerprint density at radius 3 is 2.45 bits per heavy atom. The first kappa shape index (κ1) is 21.2. The molecular formula is C27H26N4OS. The molecule has 0 saturated carbocycles. The van der Waals surface area contributed by atoms with Gasteiger partial charge < -0.3 is 19.9 Å². The summed E-state index contributed by atoms with van der Waals surface area (Å²) in [5.41, 5.74) is 7.35. The third-order valence-electron chi connectivity index (χ3n) is 6.29. The van der Waals surface area contributed by atoms with Crippen LogP contribution in [-0.4, -0.2) is 19.8 Å². The van der Waals surface area contributed by atoms with Crippen LogP contribution in [0.25, 0.3) is 5.69 Å². The van der Waals surface area contributed by atoms with Crippen molar-refractivity contribution in [2.24, 2.45) is 0 Å². The van der Waals surface area contributed by atoms with E-state index in [-0.39, 0.29) is 17.8 Å². The number of aryl methyl sites for hydroxylation is 2. The molecule has 1 saturated heterocycles. The Morgan fingerprint density at radius 1 is 0.939 bits per heavy atom. The van der Waals surface area contributed by atoms with Crippen molar-refractivity contribution in [3.8, 4) is 11.4 Å². The Labute approximate surface area is 199 Å². The van der Waals surface area contributed by atoms with Crippen LogP contribution < -0.4 is 10.2 Å². The number of nitrogens with one attached hydrogen (secondary N) is 1. The van der Waals surface area contributed by atoms with Crippen LogP contribution in [0.4, 0.5) is 5.69 Å². The number of thiocarbonyl (C=S) groups is 1. The van der Waals surface area contributed by atoms with Gasteiger partial charge in [-0.25, -0.2) is 0 Å². The number of aromatic nitrogens is 2. The lowest BCUT2D eigenvalue weighted by atomic mass is 9.96. The van der Waals surface area contributed by atoms with Gasteiger partial charge in [-0.3, -0.25) is 4.98 Å². The minimum absolute atomic E-state index is 0.162. The highest BCUT2D eigenvalue weighted by Crippen LogP contribution is 2.45. The SMILES string of the molecule is Cc1cccc(-n2c(C)cc([C@@H]3[C@H](c4ccccn4)NC(=S)N3c3ccccc3O)c2C)c1. The fourth-order valence-corrected chi connectivity index (χ4v) is 5.19. The standard InChI is InChI=1S/C27H26N4OS/c1-17-9-8-10-20(15-17)30-18(2)16-21(19(30)3)26-25(22-11-6-7-14-28-22)29-27(33)31(26)23-12-4-5-13-24(23)32/h4-16,25-26,32H,1-3H3,(H,29,33)/t25-,26+/m0/s1. The van der Waals surface area contributed by atoms with Crippen LogP contribution in [0.1, 0.15) is 40.3 Å². The summed E-state index contributed by atoms with van der Waals surface area (Å²) in [6.07, 6.45) is 1.80. The minimum Gasteiger partial charge on any atom is -0.506 e. The van der Waals surface area contributed by atoms with E-state index in [2.05, 4.69) is 66.0 Å². The van der Waals surface area contributed by atoms with Gasteiger partial charge in [0.2, 0.25) is 0 Å². The molecular weight excluding hydrogens is 428 g/mol. The maximum absolute atomic E-state index is 10.7. The van der Waals surface area contributed by atoms with E-state index in [1.807, 2.05) is 41.3 Å². The molecule has 2 N–H and O–H groups in total. The molecule has 1 aliphatic rings. The highest BCUT2D eigenvalue weighted by molar-refractivity contribution is 7.80. The number of hydrogen-bond donors (Lipinski definition) is 2. The summed E-state index contributed by atoms with van der Waals surface area (Å²) in [6.45, 7) is 6.37. The highest BCUT2D eigenvalue weighted by atomic mass is 32.1. The smallest absolute Gasteiger partial charge is 0.174 e. The van der Waals surface area contributed by atoms with E-state index in [1.165, 1.54) is 5.56 Å². The Morgan fingerprint density at radius 2 is 1.73 bits per heavy atom. The lowest BCUT2D eigenvalue weighted by molar-refractivity contribution is 0.472. The predicted molar refractivity (Wildman–Crippen MR) is 136 cm³/mol. The summed E-state index contributed by atoms with van der Waals surface area (Å²) in [4.78, 5) is 6.65. The zero-order chi connectivity index (χ0) is 23.1. The first-order valence-corrected chi connectivity index (χ1v) is 11.4. The molecule has 33 heavy (non-hydrogen) atoms. The minimum atomic E-state index is -0.176. The van der Waals surface area contributed by atoms with Crippen molar-refractivity contribution in [2.45, 2.75) is 32.9 Å². The number of aromatic hydroxyl groups is 1. The van der Waals surface area contributed by atoms with Gasteiger partial charge in [0.15, 0.2) is 5.11 Å². The van der Waals surface area contributed by atoms with E-state index in [0.29, 0.717) is 10.8 Å². The number of benzene rings is 2. The third-order valence-corrected chi connectivity index (χ3v) is 6.60. The summed E-state index contributed by atoms with van der Waals surface area (Å²) in [7, 11) is 0. The van der Waals surface area contributed by atoms with Crippen molar-refractivity contribution in [1.29, 1.82) is 0 Å². The summed E-state index contributed by atoms with van der Waals surface area (Å²) in [5.74, 6) is 0.195. The number of nitrogens with zero attached hydrogens (tertiary/aromatic N) is 3. The van der Waals surface area contributed by atoms with E-state index >= 15 is 0 Å². The molecule has 166 valence electrons. The van der Waals surface area contributed by atoms with Crippen molar-refractivity contribution in [3.63, 3.8) is 0 Å². The van der Waals surface area contributed by atoms with Crippen molar-refractivity contribution in [3.05, 3.63) is 107 Å². The van der Waals surface area contributed by atoms with Crippen molar-refractivity contribution in [1.82, 2.24) is 14.9 Å². The van der Waals surface area contributed by atoms with Gasteiger partial charge in [-0.2, -0.15) is 0 Å². The number of rotatable bonds is 4. The zero-order valence-corrected chi connectivity index (χ0v) is 19.7. The summed E-state index contributed by atoms with van der Waals surface area (Å²) in [6, 6.07) is 23.6. The Kier molecular flexibility index (Phi) is 5.38. The number of anilines is 1. The molecule has 5 rings (SSSR count). The van der Waals surface area contributed by atoms with Crippen molar-refractivity contribution in [2.75, 3.05) is 4.90 Å². The van der Waals surface area contributed by atoms with Crippen LogP contribution in [0.3, 0.4) is 0 Å². The molecule has 1 aliphatic heterocycles. The molecule has 0 amide bonds. The summed E-state index contributed by atoms with van der Waals surface area (Å²) < 4.78 is 2.28. The summed E-state index contributed by atoms with van der Waals surface area (Å²) >= 11 is 5.80. The Bertz CT molecular complexity index is 1330. The lowest BCUT2D eigenvalue weighted by Crippen LogP contribution is -2.29. The number of hydrogen-bond acceptors (Lipinski definition) is 3. The van der Waals surface area contributed by atoms with Gasteiger partial charge in [0.05, 0.1) is 23.5 Å². The molecule has 5 nitrogen and oxygen atoms in total. The van der Waals surface area contributed by atoms with Crippen LogP contribution in [0.5, 0.6) is 5.75 Å². The van der Waals surface area contributed by atoms with E-state index in [1.54, 1.807) is 12.3 Å². The number of phenols is 1. The molecule has 2 aromatic heterocycles. The molecule has 4 aromatic rings. The second-order valence-electron chi connectivity index (χ2n) is 8.49. The highest BCUT2D eigenvalue weighted by Gasteiger charge is 2.43. The molecule has 2 atom stereocenters. The molecule has 0 spiro atoms. The van der Waals surface area contributed by atoms with E-state index < -0.39 is 0 Å². The third kappa shape index (κ3) is 3.66. The van der Waals surface area contributed by atoms with Crippen LogP contribution in [0.15, 0.2) is 79.0 Å². The first-order valence-electron chi connectivity index (χ1n) is 11.0. The average molecular weight is 455 g/mol. The predicted octanol–water partition coefficient (Wildman–Crippen LogP) is 5.68. The van der Waals surface area contributed by atoms with E-state index in [0.717, 1.165) is 28.3 Å². The lowest BCUT2D eigenvalue weighted by Gasteiger charge is -2.28. The van der Waals surface area contributed by atoms with Gasteiger partial charge in [-0.15, -0.1) is 0 Å². The fraction of sp³-hybridized carbons (Fsp3) is 0.185. The zero-order valence-electron chi connectivity index (χ0n) is 18.9. The monoisotopic (exact) mass is 454 g/mol. The number of para-hydroxylation sites is 2. The quantitative estimate of drug-likeness (QED) is 0.389. The van der Waals surface area contributed by atoms with Crippen LogP contribution in [-0.2, 0) is 0 Å². The topological polar surface area (TPSA) is 53.3 Å². The molecule has 6 heteroatoms. The van der Waals surface area contributed by atoms with Crippen LogP contribution in [0.2, 0.25) is 0 Å². The van der Waals surface area contributed by atoms with Crippen LogP contribution >= 0.6 is 12.2 Å². The average Bonchev–Trinajstić information content (AvgIpc) is 3.30. The summed E-state index contributed by atoms with van der Waals surface area (Å²) in [5, 5.41) is 14.7. The number of pyridine rings is 1. The van der Waals surface area contributed by atoms with Gasteiger partial charge >= 0.3 is 0 Å². The molecule has 0 unspecified atom stereocenters. The molecule has 0 radical (unpaired) electrons. The fourth-order valence-electron chi connectivity index (χ4n) is 4.85. The van der Waals surface area contributed by atoms with Gasteiger partial charge in [0.25, 0.3) is 0 Å². The normalized spacial score (nSPS) is 17.9. The van der Waals surface area contributed by atoms with Gasteiger partial charge in [0, 0.05) is 23.3 Å². The van der Waals surface area contributed by atoms with E-state index in [9.17, 15) is 5.11 Å². The van der Waals surface area contributed by atoms with Gasteiger partial charge in [-0.1, -0.05) is 30.3 Å². The largest absolute Gasteiger partial charge is 0.506 e. The van der Waals surface area contributed by atoms with Gasteiger partial charge in [-0.05, 0) is 86.6 Å². The first-order chi connectivity index (χ1) is 16.0. The number of phenolic OH excluding ortho intramolecular Hbond substituents is 1. The van der Waals surface area contributed by atoms with Crippen molar-refractivity contribution >= 4 is 23.0 Å². The Balaban J connectivity index is 1.70. The maximum Gasteiger partial charge on any atom is 0.174 e. The molecule has 0 aliphatic carbocycles. The van der Waals surface area contributed by atoms with Crippen molar-refractivity contribution < 1.29 is 5.11 Å². The molecule has 2 aromatic carbocycles. The van der Waals surface area contributed by atoms with E-state index in [4.69, 9.17) is 12.2 Å². The second kappa shape index (κ2) is 8.37. The Hall–Kier alpha value is -3.64. The van der Waals surface area contributed by atoms with Gasteiger partial charge in [0.1, 0.15) is 5.75 Å². The van der Waals surface area contributed by atoms with Crippen LogP contribution in [0, 0.1) is 20.8 Å². The molecule has 0 bridgehead atoms. The second-order valence-corrected chi connectivity index (χ2v) is 8.87. The molecule has 1 fully saturated rings.